The van der Waals surface area contributed by atoms with Crippen LogP contribution >= 0.6 is 11.3 Å². The van der Waals surface area contributed by atoms with Gasteiger partial charge in [-0.15, -0.1) is 0 Å². The maximum atomic E-state index is 5.16. The van der Waals surface area contributed by atoms with E-state index in [1.165, 1.54) is 5.56 Å². The summed E-state index contributed by atoms with van der Waals surface area (Å²) in [6.45, 7) is 8.10. The number of thiophene rings is 1. The second kappa shape index (κ2) is 7.09. The molecular weight excluding hydrogens is 272 g/mol. The smallest absolute Gasteiger partial charge is 0.191 e. The van der Waals surface area contributed by atoms with Crippen molar-refractivity contribution in [2.45, 2.75) is 33.9 Å². The van der Waals surface area contributed by atoms with E-state index in [1.807, 2.05) is 13.8 Å². The second-order valence-corrected chi connectivity index (χ2v) is 5.26. The molecule has 0 saturated heterocycles. The van der Waals surface area contributed by atoms with Gasteiger partial charge < -0.3 is 15.2 Å². The topological polar surface area (TPSA) is 62.5 Å². The van der Waals surface area contributed by atoms with Crippen molar-refractivity contribution in [3.63, 3.8) is 0 Å². The molecule has 0 unspecified atom stereocenters. The lowest BCUT2D eigenvalue weighted by Crippen LogP contribution is -2.37. The zero-order valence-electron chi connectivity index (χ0n) is 12.1. The average molecular weight is 292 g/mol. The quantitative estimate of drug-likeness (QED) is 0.657. The Balaban J connectivity index is 1.97. The first-order chi connectivity index (χ1) is 9.70. The third-order valence-electron chi connectivity index (χ3n) is 2.96. The standard InChI is InChI=1S/C14H20N4OS/c1-4-15-14(16-7-12-5-6-20-9-12)17-8-13-10(2)18-19-11(13)3/h5-6,9H,4,7-8H2,1-3H3,(H2,15,16,17). The third-order valence-corrected chi connectivity index (χ3v) is 3.69. The van der Waals surface area contributed by atoms with Gasteiger partial charge in [-0.1, -0.05) is 5.16 Å². The van der Waals surface area contributed by atoms with Gasteiger partial charge in [0.1, 0.15) is 5.76 Å². The van der Waals surface area contributed by atoms with Gasteiger partial charge in [0, 0.05) is 18.7 Å². The van der Waals surface area contributed by atoms with Crippen LogP contribution in [0.2, 0.25) is 0 Å². The van der Waals surface area contributed by atoms with Crippen LogP contribution in [0.25, 0.3) is 0 Å². The minimum Gasteiger partial charge on any atom is -0.361 e. The van der Waals surface area contributed by atoms with Crippen LogP contribution in [0.3, 0.4) is 0 Å². The molecule has 0 amide bonds. The van der Waals surface area contributed by atoms with Crippen molar-refractivity contribution in [1.29, 1.82) is 0 Å². The Hall–Kier alpha value is -1.82. The Bertz CT molecular complexity index is 540. The minimum absolute atomic E-state index is 0.663. The Kier molecular flexibility index (Phi) is 5.17. The largest absolute Gasteiger partial charge is 0.361 e. The maximum Gasteiger partial charge on any atom is 0.191 e. The molecule has 2 aromatic heterocycles. The second-order valence-electron chi connectivity index (χ2n) is 4.48. The number of aromatic nitrogens is 1. The monoisotopic (exact) mass is 292 g/mol. The van der Waals surface area contributed by atoms with Gasteiger partial charge >= 0.3 is 0 Å². The van der Waals surface area contributed by atoms with E-state index >= 15 is 0 Å². The number of aryl methyl sites for hydroxylation is 2. The summed E-state index contributed by atoms with van der Waals surface area (Å²) in [6.07, 6.45) is 0. The lowest BCUT2D eigenvalue weighted by Gasteiger charge is -2.10. The summed E-state index contributed by atoms with van der Waals surface area (Å²) in [4.78, 5) is 4.56. The molecule has 108 valence electrons. The van der Waals surface area contributed by atoms with Crippen LogP contribution in [-0.2, 0) is 13.1 Å². The Labute approximate surface area is 123 Å². The van der Waals surface area contributed by atoms with Gasteiger partial charge in [0.25, 0.3) is 0 Å². The van der Waals surface area contributed by atoms with Crippen LogP contribution in [0.4, 0.5) is 0 Å². The van der Waals surface area contributed by atoms with E-state index in [1.54, 1.807) is 11.3 Å². The first-order valence-electron chi connectivity index (χ1n) is 6.65. The molecule has 0 aliphatic rings. The van der Waals surface area contributed by atoms with Gasteiger partial charge in [-0.3, -0.25) is 0 Å². The molecule has 0 aromatic carbocycles. The van der Waals surface area contributed by atoms with E-state index in [4.69, 9.17) is 4.52 Å². The van der Waals surface area contributed by atoms with Crippen LogP contribution in [0, 0.1) is 13.8 Å². The van der Waals surface area contributed by atoms with Gasteiger partial charge in [0.05, 0.1) is 12.2 Å². The van der Waals surface area contributed by atoms with Crippen LogP contribution < -0.4 is 10.6 Å². The molecule has 0 aliphatic heterocycles. The highest BCUT2D eigenvalue weighted by Gasteiger charge is 2.09. The van der Waals surface area contributed by atoms with Crippen molar-refractivity contribution >= 4 is 17.3 Å². The molecule has 20 heavy (non-hydrogen) atoms. The normalized spacial score (nSPS) is 11.7. The van der Waals surface area contributed by atoms with Crippen molar-refractivity contribution in [3.05, 3.63) is 39.4 Å². The van der Waals surface area contributed by atoms with E-state index in [9.17, 15) is 0 Å². The number of aliphatic imine (C=N–C) groups is 1. The Morgan fingerprint density at radius 1 is 1.40 bits per heavy atom. The Morgan fingerprint density at radius 3 is 2.85 bits per heavy atom. The summed E-state index contributed by atoms with van der Waals surface area (Å²) in [5.41, 5.74) is 3.24. The van der Waals surface area contributed by atoms with Crippen LogP contribution in [-0.4, -0.2) is 17.7 Å². The molecule has 6 heteroatoms. The van der Waals surface area contributed by atoms with E-state index in [0.29, 0.717) is 13.1 Å². The molecule has 2 aromatic rings. The summed E-state index contributed by atoms with van der Waals surface area (Å²) < 4.78 is 5.16. The molecule has 2 heterocycles. The van der Waals surface area contributed by atoms with Crippen LogP contribution in [0.15, 0.2) is 26.3 Å². The maximum absolute atomic E-state index is 5.16. The zero-order valence-corrected chi connectivity index (χ0v) is 12.9. The molecule has 0 fully saturated rings. The van der Waals surface area contributed by atoms with E-state index in [0.717, 1.165) is 29.5 Å². The highest BCUT2D eigenvalue weighted by atomic mass is 32.1. The fourth-order valence-corrected chi connectivity index (χ4v) is 2.48. The van der Waals surface area contributed by atoms with Gasteiger partial charge in [0.2, 0.25) is 0 Å². The fourth-order valence-electron chi connectivity index (χ4n) is 1.82. The number of nitrogens with zero attached hydrogens (tertiary/aromatic N) is 2. The zero-order chi connectivity index (χ0) is 14.4. The van der Waals surface area contributed by atoms with E-state index in [2.05, 4.69) is 44.5 Å². The average Bonchev–Trinajstić information content (AvgIpc) is 3.05. The van der Waals surface area contributed by atoms with Gasteiger partial charge in [-0.2, -0.15) is 11.3 Å². The van der Waals surface area contributed by atoms with E-state index in [-0.39, 0.29) is 0 Å². The summed E-state index contributed by atoms with van der Waals surface area (Å²) in [6, 6.07) is 2.09. The van der Waals surface area contributed by atoms with Crippen molar-refractivity contribution in [2.24, 2.45) is 4.99 Å². The predicted molar refractivity (Wildman–Crippen MR) is 82.0 cm³/mol. The molecule has 0 spiro atoms. The van der Waals surface area contributed by atoms with Crippen molar-refractivity contribution in [1.82, 2.24) is 15.8 Å². The predicted octanol–water partition coefficient (Wildman–Crippen LogP) is 2.61. The molecule has 0 atom stereocenters. The van der Waals surface area contributed by atoms with Crippen LogP contribution in [0.5, 0.6) is 0 Å². The lowest BCUT2D eigenvalue weighted by atomic mass is 10.2. The molecule has 2 rings (SSSR count). The number of rotatable bonds is 5. The SMILES string of the molecule is CCNC(=NCc1ccsc1)NCc1c(C)noc1C. The summed E-state index contributed by atoms with van der Waals surface area (Å²) in [5.74, 6) is 1.65. The van der Waals surface area contributed by atoms with Gasteiger partial charge in [-0.25, -0.2) is 4.99 Å². The molecule has 0 aliphatic carbocycles. The lowest BCUT2D eigenvalue weighted by molar-refractivity contribution is 0.392. The van der Waals surface area contributed by atoms with E-state index < -0.39 is 0 Å². The molecule has 0 radical (unpaired) electrons. The number of hydrogen-bond donors (Lipinski definition) is 2. The van der Waals surface area contributed by atoms with Crippen molar-refractivity contribution in [2.75, 3.05) is 6.54 Å². The fraction of sp³-hybridized carbons (Fsp3) is 0.429. The van der Waals surface area contributed by atoms with Crippen molar-refractivity contribution < 1.29 is 4.52 Å². The summed E-state index contributed by atoms with van der Waals surface area (Å²) in [5, 5.41) is 14.7. The molecule has 0 saturated carbocycles. The molecule has 0 bridgehead atoms. The first kappa shape index (κ1) is 14.6. The first-order valence-corrected chi connectivity index (χ1v) is 7.60. The molecule has 5 nitrogen and oxygen atoms in total. The third kappa shape index (κ3) is 3.84. The van der Waals surface area contributed by atoms with Gasteiger partial charge in [0.15, 0.2) is 5.96 Å². The molecule has 2 N–H and O–H groups in total. The van der Waals surface area contributed by atoms with Crippen molar-refractivity contribution in [3.8, 4) is 0 Å². The highest BCUT2D eigenvalue weighted by molar-refractivity contribution is 7.07. The number of guanidine groups is 1. The minimum atomic E-state index is 0.663. The van der Waals surface area contributed by atoms with Gasteiger partial charge in [-0.05, 0) is 43.2 Å². The number of hydrogen-bond acceptors (Lipinski definition) is 4. The molecular formula is C14H20N4OS. The Morgan fingerprint density at radius 2 is 2.25 bits per heavy atom. The van der Waals surface area contributed by atoms with Crippen LogP contribution in [0.1, 0.15) is 29.5 Å². The highest BCUT2D eigenvalue weighted by Crippen LogP contribution is 2.11. The summed E-state index contributed by atoms with van der Waals surface area (Å²) in [7, 11) is 0. The summed E-state index contributed by atoms with van der Waals surface area (Å²) >= 11 is 1.69. The number of nitrogens with one attached hydrogen (secondary N) is 2.